The minimum absolute atomic E-state index is 1.05. The molecular formula is C13H20N2. The third kappa shape index (κ3) is 1.94. The summed E-state index contributed by atoms with van der Waals surface area (Å²) in [5, 5.41) is 0. The molecule has 0 aromatic heterocycles. The Balaban J connectivity index is 2.43. The van der Waals surface area contributed by atoms with Crippen molar-refractivity contribution in [1.29, 1.82) is 0 Å². The van der Waals surface area contributed by atoms with E-state index in [1.165, 1.54) is 36.4 Å². The van der Waals surface area contributed by atoms with Gasteiger partial charge in [0.1, 0.15) is 0 Å². The monoisotopic (exact) mass is 204 g/mol. The van der Waals surface area contributed by atoms with Crippen molar-refractivity contribution in [1.82, 2.24) is 9.80 Å². The maximum absolute atomic E-state index is 2.37. The first kappa shape index (κ1) is 10.3. The Morgan fingerprint density at radius 2 is 2.13 bits per heavy atom. The molecule has 0 aromatic carbocycles. The first-order chi connectivity index (χ1) is 7.20. The lowest BCUT2D eigenvalue weighted by Gasteiger charge is -2.31. The largest absolute Gasteiger partial charge is 0.378 e. The predicted octanol–water partition coefficient (Wildman–Crippen LogP) is 2.37. The van der Waals surface area contributed by atoms with E-state index in [0.717, 1.165) is 6.42 Å². The zero-order valence-electron chi connectivity index (χ0n) is 9.95. The molecule has 0 spiro atoms. The molecule has 1 aliphatic heterocycles. The van der Waals surface area contributed by atoms with Crippen LogP contribution in [0.5, 0.6) is 0 Å². The Morgan fingerprint density at radius 1 is 1.33 bits per heavy atom. The number of likely N-dealkylation sites (N-methyl/N-ethyl adjacent to an activating group) is 2. The van der Waals surface area contributed by atoms with Gasteiger partial charge in [0.25, 0.3) is 0 Å². The molecule has 0 radical (unpaired) electrons. The van der Waals surface area contributed by atoms with Crippen molar-refractivity contribution in [3.63, 3.8) is 0 Å². The van der Waals surface area contributed by atoms with Crippen LogP contribution in [0.4, 0.5) is 0 Å². The van der Waals surface area contributed by atoms with Crippen LogP contribution >= 0.6 is 0 Å². The number of allylic oxidation sites excluding steroid dienone is 4. The molecule has 0 atom stereocenters. The molecule has 0 saturated heterocycles. The van der Waals surface area contributed by atoms with E-state index in [2.05, 4.69) is 49.2 Å². The molecule has 15 heavy (non-hydrogen) atoms. The molecule has 2 aliphatic rings. The summed E-state index contributed by atoms with van der Waals surface area (Å²) < 4.78 is 0. The number of hydrogen-bond donors (Lipinski definition) is 0. The van der Waals surface area contributed by atoms with Crippen molar-refractivity contribution >= 4 is 0 Å². The highest BCUT2D eigenvalue weighted by Gasteiger charge is 2.20. The van der Waals surface area contributed by atoms with Crippen LogP contribution in [-0.4, -0.2) is 37.5 Å². The molecule has 2 rings (SSSR count). The minimum Gasteiger partial charge on any atom is -0.378 e. The Bertz CT molecular complexity index is 334. The second-order valence-corrected chi connectivity index (χ2v) is 4.51. The Kier molecular flexibility index (Phi) is 2.85. The Morgan fingerprint density at radius 3 is 2.87 bits per heavy atom. The summed E-state index contributed by atoms with van der Waals surface area (Å²) in [7, 11) is 6.46. The molecule has 0 fully saturated rings. The fraction of sp³-hybridized carbons (Fsp3) is 0.538. The van der Waals surface area contributed by atoms with E-state index in [1.807, 2.05) is 0 Å². The molecule has 0 amide bonds. The van der Waals surface area contributed by atoms with Gasteiger partial charge < -0.3 is 9.80 Å². The third-order valence-corrected chi connectivity index (χ3v) is 3.15. The van der Waals surface area contributed by atoms with Crippen LogP contribution in [0.1, 0.15) is 19.3 Å². The summed E-state index contributed by atoms with van der Waals surface area (Å²) in [6.45, 7) is 1.18. The van der Waals surface area contributed by atoms with Gasteiger partial charge in [0, 0.05) is 39.1 Å². The van der Waals surface area contributed by atoms with Crippen LogP contribution in [0.2, 0.25) is 0 Å². The lowest BCUT2D eigenvalue weighted by Crippen LogP contribution is -2.26. The number of hydrogen-bond acceptors (Lipinski definition) is 2. The van der Waals surface area contributed by atoms with Crippen LogP contribution < -0.4 is 0 Å². The third-order valence-electron chi connectivity index (χ3n) is 3.15. The smallest absolute Gasteiger partial charge is 0.0413 e. The standard InChI is InChI=1S/C13H20N2/c1-14(2)12-8-4-5-9-13-11(12)7-6-10-15(13)3/h5,8-9H,4,6-7,10H2,1-3H3. The van der Waals surface area contributed by atoms with Crippen LogP contribution in [-0.2, 0) is 0 Å². The summed E-state index contributed by atoms with van der Waals surface area (Å²) in [5.41, 5.74) is 4.34. The van der Waals surface area contributed by atoms with Gasteiger partial charge in [0.2, 0.25) is 0 Å². The number of nitrogens with zero attached hydrogens (tertiary/aromatic N) is 2. The van der Waals surface area contributed by atoms with E-state index in [4.69, 9.17) is 0 Å². The molecule has 2 nitrogen and oxygen atoms in total. The Labute approximate surface area is 92.6 Å². The molecule has 82 valence electrons. The highest BCUT2D eigenvalue weighted by molar-refractivity contribution is 5.42. The Hall–Kier alpha value is -1.18. The van der Waals surface area contributed by atoms with Crippen molar-refractivity contribution in [3.05, 3.63) is 35.2 Å². The molecule has 0 saturated carbocycles. The van der Waals surface area contributed by atoms with Gasteiger partial charge >= 0.3 is 0 Å². The molecule has 0 bridgehead atoms. The van der Waals surface area contributed by atoms with Gasteiger partial charge in [-0.1, -0.05) is 12.2 Å². The highest BCUT2D eigenvalue weighted by atomic mass is 15.1. The minimum atomic E-state index is 1.05. The normalized spacial score (nSPS) is 21.0. The lowest BCUT2D eigenvalue weighted by atomic mass is 9.99. The van der Waals surface area contributed by atoms with Crippen molar-refractivity contribution < 1.29 is 0 Å². The van der Waals surface area contributed by atoms with Crippen LogP contribution in [0.15, 0.2) is 35.2 Å². The molecule has 1 heterocycles. The van der Waals surface area contributed by atoms with E-state index in [1.54, 1.807) is 0 Å². The van der Waals surface area contributed by atoms with Gasteiger partial charge in [0.05, 0.1) is 0 Å². The SMILES string of the molecule is CN(C)C1=CCC=CC2=C1CCCN2C. The van der Waals surface area contributed by atoms with Gasteiger partial charge in [-0.05, 0) is 30.9 Å². The van der Waals surface area contributed by atoms with E-state index < -0.39 is 0 Å². The zero-order valence-corrected chi connectivity index (χ0v) is 9.95. The first-order valence-electron chi connectivity index (χ1n) is 5.69. The predicted molar refractivity (Wildman–Crippen MR) is 64.4 cm³/mol. The average molecular weight is 204 g/mol. The lowest BCUT2D eigenvalue weighted by molar-refractivity contribution is 0.383. The molecular weight excluding hydrogens is 184 g/mol. The topological polar surface area (TPSA) is 6.48 Å². The first-order valence-corrected chi connectivity index (χ1v) is 5.69. The average Bonchev–Trinajstić information content (AvgIpc) is 2.40. The highest BCUT2D eigenvalue weighted by Crippen LogP contribution is 2.30. The van der Waals surface area contributed by atoms with E-state index in [9.17, 15) is 0 Å². The second-order valence-electron chi connectivity index (χ2n) is 4.51. The van der Waals surface area contributed by atoms with Gasteiger partial charge in [-0.15, -0.1) is 0 Å². The van der Waals surface area contributed by atoms with E-state index in [-0.39, 0.29) is 0 Å². The van der Waals surface area contributed by atoms with Gasteiger partial charge in [-0.25, -0.2) is 0 Å². The molecule has 0 N–H and O–H groups in total. The zero-order chi connectivity index (χ0) is 10.8. The summed E-state index contributed by atoms with van der Waals surface area (Å²) in [6, 6.07) is 0. The summed E-state index contributed by atoms with van der Waals surface area (Å²) in [6.07, 6.45) is 10.4. The van der Waals surface area contributed by atoms with Crippen molar-refractivity contribution in [3.8, 4) is 0 Å². The fourth-order valence-corrected chi connectivity index (χ4v) is 2.39. The quantitative estimate of drug-likeness (QED) is 0.647. The van der Waals surface area contributed by atoms with Crippen molar-refractivity contribution in [2.75, 3.05) is 27.7 Å². The van der Waals surface area contributed by atoms with E-state index in [0.29, 0.717) is 0 Å². The second kappa shape index (κ2) is 4.13. The molecule has 2 heteroatoms. The molecule has 0 unspecified atom stereocenters. The summed E-state index contributed by atoms with van der Waals surface area (Å²) in [5.74, 6) is 0. The summed E-state index contributed by atoms with van der Waals surface area (Å²) >= 11 is 0. The van der Waals surface area contributed by atoms with Gasteiger partial charge in [-0.2, -0.15) is 0 Å². The molecule has 0 aromatic rings. The van der Waals surface area contributed by atoms with Crippen LogP contribution in [0, 0.1) is 0 Å². The molecule has 1 aliphatic carbocycles. The van der Waals surface area contributed by atoms with Crippen molar-refractivity contribution in [2.24, 2.45) is 0 Å². The van der Waals surface area contributed by atoms with Gasteiger partial charge in [0.15, 0.2) is 0 Å². The van der Waals surface area contributed by atoms with Crippen molar-refractivity contribution in [2.45, 2.75) is 19.3 Å². The number of rotatable bonds is 1. The van der Waals surface area contributed by atoms with Gasteiger partial charge in [-0.3, -0.25) is 0 Å². The maximum Gasteiger partial charge on any atom is 0.0413 e. The summed E-state index contributed by atoms with van der Waals surface area (Å²) in [4.78, 5) is 4.61. The van der Waals surface area contributed by atoms with Crippen LogP contribution in [0.3, 0.4) is 0 Å². The fourth-order valence-electron chi connectivity index (χ4n) is 2.39. The van der Waals surface area contributed by atoms with E-state index >= 15 is 0 Å². The maximum atomic E-state index is 2.37. The van der Waals surface area contributed by atoms with Crippen LogP contribution in [0.25, 0.3) is 0 Å².